The lowest BCUT2D eigenvalue weighted by molar-refractivity contribution is 0.622. The maximum Gasteiger partial charge on any atom is 0.153 e. The average molecular weight is 333 g/mol. The highest BCUT2D eigenvalue weighted by Crippen LogP contribution is 2.34. The molecule has 2 heterocycles. The first-order valence-corrected chi connectivity index (χ1v) is 6.65. The van der Waals surface area contributed by atoms with E-state index >= 15 is 0 Å². The molecule has 3 aromatic rings. The smallest absolute Gasteiger partial charge is 0.153 e. The number of aromatic nitrogens is 3. The summed E-state index contributed by atoms with van der Waals surface area (Å²) >= 11 is 3.39. The molecular formula is C14H10BrFN4. The van der Waals surface area contributed by atoms with E-state index in [2.05, 4.69) is 31.1 Å². The predicted molar refractivity (Wildman–Crippen MR) is 79.3 cm³/mol. The van der Waals surface area contributed by atoms with Crippen molar-refractivity contribution in [1.82, 2.24) is 15.2 Å². The third-order valence-corrected chi connectivity index (χ3v) is 3.45. The second-order valence-corrected chi connectivity index (χ2v) is 5.17. The summed E-state index contributed by atoms with van der Waals surface area (Å²) in [6, 6.07) is 9.05. The van der Waals surface area contributed by atoms with E-state index < -0.39 is 5.82 Å². The Morgan fingerprint density at radius 1 is 1.10 bits per heavy atom. The molecule has 0 aliphatic rings. The number of rotatable bonds is 2. The van der Waals surface area contributed by atoms with Crippen molar-refractivity contribution in [2.45, 2.75) is 0 Å². The molecule has 0 unspecified atom stereocenters. The molecule has 3 rings (SSSR count). The number of nitrogens with zero attached hydrogens (tertiary/aromatic N) is 2. The van der Waals surface area contributed by atoms with Crippen LogP contribution in [-0.4, -0.2) is 15.2 Å². The maximum atomic E-state index is 13.3. The molecule has 0 bridgehead atoms. The number of nitrogens with two attached hydrogens (primary N) is 1. The van der Waals surface area contributed by atoms with E-state index in [1.54, 1.807) is 6.20 Å². The number of H-pyrrole nitrogens is 1. The summed E-state index contributed by atoms with van der Waals surface area (Å²) in [6.45, 7) is 0. The van der Waals surface area contributed by atoms with Gasteiger partial charge in [-0.1, -0.05) is 28.1 Å². The minimum Gasteiger partial charge on any atom is -0.382 e. The number of aromatic amines is 1. The van der Waals surface area contributed by atoms with E-state index in [0.29, 0.717) is 17.1 Å². The Hall–Kier alpha value is -2.21. The highest BCUT2D eigenvalue weighted by molar-refractivity contribution is 9.10. The molecule has 0 saturated heterocycles. The zero-order valence-electron chi connectivity index (χ0n) is 10.3. The Morgan fingerprint density at radius 3 is 2.55 bits per heavy atom. The largest absolute Gasteiger partial charge is 0.382 e. The Balaban J connectivity index is 2.17. The molecule has 0 saturated carbocycles. The van der Waals surface area contributed by atoms with Gasteiger partial charge in [0.25, 0.3) is 0 Å². The number of pyridine rings is 1. The Morgan fingerprint density at radius 2 is 1.85 bits per heavy atom. The first-order chi connectivity index (χ1) is 9.65. The summed E-state index contributed by atoms with van der Waals surface area (Å²) in [4.78, 5) is 3.85. The van der Waals surface area contributed by atoms with Crippen LogP contribution < -0.4 is 5.73 Å². The van der Waals surface area contributed by atoms with E-state index in [4.69, 9.17) is 5.73 Å². The van der Waals surface area contributed by atoms with Crippen molar-refractivity contribution < 1.29 is 4.39 Å². The zero-order valence-corrected chi connectivity index (χ0v) is 11.9. The number of benzene rings is 1. The van der Waals surface area contributed by atoms with Gasteiger partial charge in [0.05, 0.1) is 17.5 Å². The van der Waals surface area contributed by atoms with Crippen LogP contribution in [0.4, 0.5) is 10.2 Å². The van der Waals surface area contributed by atoms with Gasteiger partial charge in [0.15, 0.2) is 5.82 Å². The van der Waals surface area contributed by atoms with Crippen LogP contribution in [0.15, 0.2) is 47.2 Å². The van der Waals surface area contributed by atoms with Crippen LogP contribution in [0.2, 0.25) is 0 Å². The fraction of sp³-hybridized carbons (Fsp3) is 0. The van der Waals surface area contributed by atoms with Crippen molar-refractivity contribution in [3.8, 4) is 22.4 Å². The minimum absolute atomic E-state index is 0.367. The number of nitrogens with one attached hydrogen (secondary N) is 1. The Kier molecular flexibility index (Phi) is 3.23. The molecule has 6 heteroatoms. The maximum absolute atomic E-state index is 13.3. The van der Waals surface area contributed by atoms with E-state index in [0.717, 1.165) is 21.8 Å². The van der Waals surface area contributed by atoms with E-state index in [9.17, 15) is 4.39 Å². The summed E-state index contributed by atoms with van der Waals surface area (Å²) in [6.07, 6.45) is 2.72. The molecule has 0 spiro atoms. The zero-order chi connectivity index (χ0) is 14.1. The van der Waals surface area contributed by atoms with Crippen LogP contribution in [0.25, 0.3) is 22.4 Å². The number of hydrogen-bond acceptors (Lipinski definition) is 3. The van der Waals surface area contributed by atoms with Gasteiger partial charge in [0, 0.05) is 16.2 Å². The monoisotopic (exact) mass is 332 g/mol. The molecule has 20 heavy (non-hydrogen) atoms. The summed E-state index contributed by atoms with van der Waals surface area (Å²) in [7, 11) is 0. The standard InChI is InChI=1S/C14H10BrFN4/c15-10-3-1-8(2-4-10)12-13(19-20-14(12)17)9-5-11(16)7-18-6-9/h1-7H,(H3,17,19,20). The van der Waals surface area contributed by atoms with Crippen LogP contribution >= 0.6 is 15.9 Å². The SMILES string of the molecule is Nc1n[nH]c(-c2cncc(F)c2)c1-c1ccc(Br)cc1. The minimum atomic E-state index is -0.405. The number of halogens is 2. The van der Waals surface area contributed by atoms with Gasteiger partial charge in [0.2, 0.25) is 0 Å². The van der Waals surface area contributed by atoms with Gasteiger partial charge in [-0.15, -0.1) is 0 Å². The molecule has 4 nitrogen and oxygen atoms in total. The average Bonchev–Trinajstić information content (AvgIpc) is 2.82. The van der Waals surface area contributed by atoms with E-state index in [1.165, 1.54) is 6.07 Å². The van der Waals surface area contributed by atoms with Crippen LogP contribution in [0.1, 0.15) is 0 Å². The van der Waals surface area contributed by atoms with Crippen molar-refractivity contribution in [3.63, 3.8) is 0 Å². The lowest BCUT2D eigenvalue weighted by Crippen LogP contribution is -1.89. The summed E-state index contributed by atoms with van der Waals surface area (Å²) in [5, 5.41) is 6.85. The number of nitrogen functional groups attached to an aromatic ring is 1. The molecule has 1 aromatic carbocycles. The fourth-order valence-corrected chi connectivity index (χ4v) is 2.29. The molecule has 2 aromatic heterocycles. The molecule has 0 atom stereocenters. The highest BCUT2D eigenvalue weighted by Gasteiger charge is 2.15. The first kappa shape index (κ1) is 12.8. The van der Waals surface area contributed by atoms with Crippen molar-refractivity contribution >= 4 is 21.7 Å². The van der Waals surface area contributed by atoms with Gasteiger partial charge in [-0.05, 0) is 23.8 Å². The lowest BCUT2D eigenvalue weighted by Gasteiger charge is -2.05. The topological polar surface area (TPSA) is 67.6 Å². The Bertz CT molecular complexity index is 752. The van der Waals surface area contributed by atoms with Gasteiger partial charge < -0.3 is 5.73 Å². The molecule has 0 aliphatic carbocycles. The molecule has 0 aliphatic heterocycles. The van der Waals surface area contributed by atoms with Gasteiger partial charge in [-0.2, -0.15) is 5.10 Å². The summed E-state index contributed by atoms with van der Waals surface area (Å²) in [5.41, 5.74) is 8.81. The van der Waals surface area contributed by atoms with Crippen molar-refractivity contribution in [2.24, 2.45) is 0 Å². The second-order valence-electron chi connectivity index (χ2n) is 4.26. The number of hydrogen-bond donors (Lipinski definition) is 2. The molecule has 0 radical (unpaired) electrons. The highest BCUT2D eigenvalue weighted by atomic mass is 79.9. The van der Waals surface area contributed by atoms with Crippen LogP contribution in [0.5, 0.6) is 0 Å². The van der Waals surface area contributed by atoms with Gasteiger partial charge in [-0.25, -0.2) is 4.39 Å². The van der Waals surface area contributed by atoms with Crippen LogP contribution in [0.3, 0.4) is 0 Å². The lowest BCUT2D eigenvalue weighted by atomic mass is 10.0. The number of anilines is 1. The van der Waals surface area contributed by atoms with E-state index in [-0.39, 0.29) is 0 Å². The van der Waals surface area contributed by atoms with Crippen molar-refractivity contribution in [1.29, 1.82) is 0 Å². The summed E-state index contributed by atoms with van der Waals surface area (Å²) in [5.74, 6) is -0.0380. The second kappa shape index (κ2) is 5.05. The summed E-state index contributed by atoms with van der Waals surface area (Å²) < 4.78 is 14.3. The Labute approximate surface area is 123 Å². The quantitative estimate of drug-likeness (QED) is 0.753. The molecule has 3 N–H and O–H groups in total. The third-order valence-electron chi connectivity index (χ3n) is 2.92. The van der Waals surface area contributed by atoms with Crippen LogP contribution in [-0.2, 0) is 0 Å². The van der Waals surface area contributed by atoms with Gasteiger partial charge in [0.1, 0.15) is 5.82 Å². The van der Waals surface area contributed by atoms with Crippen LogP contribution in [0, 0.1) is 5.82 Å². The normalized spacial score (nSPS) is 10.7. The third kappa shape index (κ3) is 2.30. The molecular weight excluding hydrogens is 323 g/mol. The van der Waals surface area contributed by atoms with Gasteiger partial charge >= 0.3 is 0 Å². The molecule has 0 fully saturated rings. The van der Waals surface area contributed by atoms with Gasteiger partial charge in [-0.3, -0.25) is 10.1 Å². The molecule has 0 amide bonds. The molecule has 100 valence electrons. The predicted octanol–water partition coefficient (Wildman–Crippen LogP) is 3.62. The van der Waals surface area contributed by atoms with E-state index in [1.807, 2.05) is 24.3 Å². The first-order valence-electron chi connectivity index (χ1n) is 5.86. The van der Waals surface area contributed by atoms with Crippen molar-refractivity contribution in [2.75, 3.05) is 5.73 Å². The fourth-order valence-electron chi connectivity index (χ4n) is 2.02. The van der Waals surface area contributed by atoms with Crippen molar-refractivity contribution in [3.05, 3.63) is 53.0 Å².